The average Bonchev–Trinajstić information content (AvgIpc) is 3.55. The van der Waals surface area contributed by atoms with Crippen LogP contribution in [0.5, 0.6) is 0 Å². The topological polar surface area (TPSA) is 52.2 Å². The fourth-order valence-corrected chi connectivity index (χ4v) is 7.61. The molecule has 0 amide bonds. The van der Waals surface area contributed by atoms with Crippen molar-refractivity contribution in [3.8, 4) is 33.6 Å². The van der Waals surface area contributed by atoms with Crippen molar-refractivity contribution in [2.24, 2.45) is 7.05 Å². The lowest BCUT2D eigenvalue weighted by atomic mass is 9.86. The van der Waals surface area contributed by atoms with Gasteiger partial charge in [-0.25, -0.2) is 19.2 Å². The summed E-state index contributed by atoms with van der Waals surface area (Å²) in [5, 5.41) is 8.06. The maximum absolute atomic E-state index is 13.6. The lowest BCUT2D eigenvalue weighted by molar-refractivity contribution is 0.836. The maximum Gasteiger partial charge on any atom is 0.334 e. The van der Waals surface area contributed by atoms with Gasteiger partial charge in [0.15, 0.2) is 5.65 Å². The number of fused-ring (bicyclic) bond motifs is 8. The molecule has 5 heteroatoms. The second-order valence-corrected chi connectivity index (χ2v) is 12.6. The number of hydrogen-bond donors (Lipinski definition) is 0. The number of nitrogens with zero attached hydrogens (tertiary/aromatic N) is 4. The Labute approximate surface area is 281 Å². The number of benzene rings is 7. The largest absolute Gasteiger partial charge is 0.334 e. The van der Waals surface area contributed by atoms with Gasteiger partial charge in [-0.1, -0.05) is 109 Å². The van der Waals surface area contributed by atoms with E-state index in [4.69, 9.17) is 9.97 Å². The summed E-state index contributed by atoms with van der Waals surface area (Å²) in [6.07, 6.45) is 0. The van der Waals surface area contributed by atoms with Crippen molar-refractivity contribution in [1.29, 1.82) is 0 Å². The number of para-hydroxylation sites is 2. The van der Waals surface area contributed by atoms with E-state index in [-0.39, 0.29) is 5.69 Å². The number of pyridine rings is 1. The van der Waals surface area contributed by atoms with Gasteiger partial charge in [-0.05, 0) is 85.9 Å². The van der Waals surface area contributed by atoms with Crippen LogP contribution >= 0.6 is 0 Å². The van der Waals surface area contributed by atoms with Gasteiger partial charge >= 0.3 is 5.69 Å². The van der Waals surface area contributed by atoms with Crippen LogP contribution in [-0.2, 0) is 7.05 Å². The summed E-state index contributed by atoms with van der Waals surface area (Å²) in [6.45, 7) is 0. The molecule has 230 valence electrons. The number of imidazole rings is 1. The fraction of sp³-hybridized carbons (Fsp3) is 0.0227. The van der Waals surface area contributed by atoms with Gasteiger partial charge in [0.25, 0.3) is 0 Å². The Bertz CT molecular complexity index is 2990. The summed E-state index contributed by atoms with van der Waals surface area (Å²) in [4.78, 5) is 23.8. The number of rotatable bonds is 3. The third-order valence-corrected chi connectivity index (χ3v) is 9.91. The molecule has 0 bridgehead atoms. The van der Waals surface area contributed by atoms with Crippen molar-refractivity contribution in [1.82, 2.24) is 18.9 Å². The highest BCUT2D eigenvalue weighted by Gasteiger charge is 2.19. The smallest absolute Gasteiger partial charge is 0.296 e. The lowest BCUT2D eigenvalue weighted by Gasteiger charge is -2.18. The molecule has 0 N–H and O–H groups in total. The number of aromatic nitrogens is 4. The minimum atomic E-state index is -0.125. The molecule has 10 aromatic rings. The van der Waals surface area contributed by atoms with Crippen LogP contribution in [0.25, 0.3) is 93.5 Å². The lowest BCUT2D eigenvalue weighted by Crippen LogP contribution is -2.24. The molecular weight excluding hydrogens is 601 g/mol. The van der Waals surface area contributed by atoms with Crippen LogP contribution in [0.1, 0.15) is 0 Å². The zero-order valence-electron chi connectivity index (χ0n) is 26.6. The predicted molar refractivity (Wildman–Crippen MR) is 202 cm³/mol. The van der Waals surface area contributed by atoms with E-state index in [0.717, 1.165) is 55.2 Å². The molecule has 0 aliphatic rings. The Morgan fingerprint density at radius 3 is 1.88 bits per heavy atom. The molecule has 10 rings (SSSR count). The van der Waals surface area contributed by atoms with E-state index in [1.54, 1.807) is 8.97 Å². The molecule has 3 aromatic heterocycles. The summed E-state index contributed by atoms with van der Waals surface area (Å²) in [6, 6.07) is 52.8. The van der Waals surface area contributed by atoms with Gasteiger partial charge in [0, 0.05) is 23.6 Å². The van der Waals surface area contributed by atoms with E-state index in [1.165, 1.54) is 32.7 Å². The van der Waals surface area contributed by atoms with E-state index >= 15 is 0 Å². The van der Waals surface area contributed by atoms with Crippen LogP contribution in [0, 0.1) is 0 Å². The first-order valence-electron chi connectivity index (χ1n) is 16.4. The van der Waals surface area contributed by atoms with E-state index < -0.39 is 0 Å². The first-order valence-corrected chi connectivity index (χ1v) is 16.4. The van der Waals surface area contributed by atoms with Gasteiger partial charge in [-0.3, -0.25) is 4.57 Å². The normalized spacial score (nSPS) is 11.9. The van der Waals surface area contributed by atoms with Crippen LogP contribution in [0.2, 0.25) is 0 Å². The van der Waals surface area contributed by atoms with Crippen LogP contribution in [0.15, 0.2) is 156 Å². The standard InChI is InChI=1S/C44H28N4O/c1-47-40-26-29(23-24-35(40)43-46-37-17-8-9-20-39(37)48(43)44(47)49)36-18-10-19-38(45-36)42-33-15-6-4-13-31(33)41(32-14-5-7-16-34(32)42)30-22-21-27-11-2-3-12-28(27)25-30/h2-26H,1H3. The van der Waals surface area contributed by atoms with E-state index in [9.17, 15) is 4.79 Å². The minimum absolute atomic E-state index is 0.125. The predicted octanol–water partition coefficient (Wildman–Crippen LogP) is 10.2. The summed E-state index contributed by atoms with van der Waals surface area (Å²) in [5.41, 5.74) is 9.17. The Kier molecular flexibility index (Phi) is 5.87. The van der Waals surface area contributed by atoms with E-state index in [0.29, 0.717) is 5.65 Å². The SMILES string of the molecule is Cn1c(=O)n2c3ccccc3nc2c2ccc(-c3cccc(-c4c5ccccc5c(-c5ccc6ccccc6c5)c5ccccc45)n3)cc21. The Morgan fingerprint density at radius 1 is 0.469 bits per heavy atom. The molecule has 0 fully saturated rings. The Morgan fingerprint density at radius 2 is 1.10 bits per heavy atom. The van der Waals surface area contributed by atoms with Crippen molar-refractivity contribution in [2.75, 3.05) is 0 Å². The molecule has 0 spiro atoms. The highest BCUT2D eigenvalue weighted by atomic mass is 16.1. The van der Waals surface area contributed by atoms with Crippen LogP contribution in [-0.4, -0.2) is 18.9 Å². The van der Waals surface area contributed by atoms with Gasteiger partial charge in [-0.2, -0.15) is 0 Å². The Hall–Kier alpha value is -6.59. The molecule has 0 saturated heterocycles. The van der Waals surface area contributed by atoms with Crippen molar-refractivity contribution in [3.05, 3.63) is 162 Å². The second-order valence-electron chi connectivity index (χ2n) is 12.6. The molecule has 5 nitrogen and oxygen atoms in total. The first kappa shape index (κ1) is 27.5. The zero-order chi connectivity index (χ0) is 32.6. The maximum atomic E-state index is 13.6. The van der Waals surface area contributed by atoms with Crippen molar-refractivity contribution < 1.29 is 0 Å². The van der Waals surface area contributed by atoms with Gasteiger partial charge in [0.1, 0.15) is 0 Å². The molecule has 49 heavy (non-hydrogen) atoms. The molecule has 0 unspecified atom stereocenters. The van der Waals surface area contributed by atoms with Crippen LogP contribution in [0.4, 0.5) is 0 Å². The van der Waals surface area contributed by atoms with Crippen LogP contribution < -0.4 is 5.69 Å². The van der Waals surface area contributed by atoms with Gasteiger partial charge < -0.3 is 0 Å². The van der Waals surface area contributed by atoms with E-state index in [2.05, 4.69) is 121 Å². The zero-order valence-corrected chi connectivity index (χ0v) is 26.6. The summed E-state index contributed by atoms with van der Waals surface area (Å²) < 4.78 is 3.41. The third-order valence-electron chi connectivity index (χ3n) is 9.91. The van der Waals surface area contributed by atoms with Gasteiger partial charge in [0.2, 0.25) is 0 Å². The molecule has 0 radical (unpaired) electrons. The quantitative estimate of drug-likeness (QED) is 0.183. The molecule has 0 saturated carbocycles. The summed E-state index contributed by atoms with van der Waals surface area (Å²) in [5.74, 6) is 0. The molecular formula is C44H28N4O. The molecule has 0 aliphatic heterocycles. The summed E-state index contributed by atoms with van der Waals surface area (Å²) >= 11 is 0. The first-order chi connectivity index (χ1) is 24.1. The van der Waals surface area contributed by atoms with Crippen LogP contribution in [0.3, 0.4) is 0 Å². The summed E-state index contributed by atoms with van der Waals surface area (Å²) in [7, 11) is 1.82. The Balaban J connectivity index is 1.18. The van der Waals surface area contributed by atoms with Gasteiger partial charge in [0.05, 0.1) is 27.9 Å². The third kappa shape index (κ3) is 4.09. The molecule has 7 aromatic carbocycles. The molecule has 0 atom stereocenters. The van der Waals surface area contributed by atoms with Gasteiger partial charge in [-0.15, -0.1) is 0 Å². The highest BCUT2D eigenvalue weighted by Crippen LogP contribution is 2.44. The fourth-order valence-electron chi connectivity index (χ4n) is 7.61. The van der Waals surface area contributed by atoms with Crippen molar-refractivity contribution in [3.63, 3.8) is 0 Å². The highest BCUT2D eigenvalue weighted by molar-refractivity contribution is 6.21. The van der Waals surface area contributed by atoms with E-state index in [1.807, 2.05) is 37.4 Å². The van der Waals surface area contributed by atoms with Crippen molar-refractivity contribution in [2.45, 2.75) is 0 Å². The number of hydrogen-bond acceptors (Lipinski definition) is 3. The monoisotopic (exact) mass is 628 g/mol. The molecule has 0 aliphatic carbocycles. The minimum Gasteiger partial charge on any atom is -0.296 e. The molecule has 3 heterocycles. The van der Waals surface area contributed by atoms with Crippen molar-refractivity contribution >= 4 is 59.9 Å². The second kappa shape index (κ2) is 10.5. The number of aryl methyl sites for hydroxylation is 1. The average molecular weight is 629 g/mol.